The van der Waals surface area contributed by atoms with E-state index in [4.69, 9.17) is 10.00 Å². The highest BCUT2D eigenvalue weighted by molar-refractivity contribution is 5.98. The largest absolute Gasteiger partial charge is 0.444 e. The minimum Gasteiger partial charge on any atom is -0.444 e. The molecule has 2 aromatic rings. The summed E-state index contributed by atoms with van der Waals surface area (Å²) in [5.74, 6) is -0.111. The molecular weight excluding hydrogens is 492 g/mol. The topological polar surface area (TPSA) is 112 Å². The van der Waals surface area contributed by atoms with Crippen LogP contribution in [0.5, 0.6) is 0 Å². The zero-order valence-electron chi connectivity index (χ0n) is 23.0. The quantitative estimate of drug-likeness (QED) is 0.532. The maximum Gasteiger partial charge on any atom is 0.407 e. The molecule has 4 rings (SSSR count). The molecule has 2 aliphatic rings. The Morgan fingerprint density at radius 1 is 0.974 bits per heavy atom. The van der Waals surface area contributed by atoms with E-state index in [1.165, 1.54) is 0 Å². The smallest absolute Gasteiger partial charge is 0.407 e. The number of nitriles is 1. The number of ether oxygens (including phenoxy) is 1. The summed E-state index contributed by atoms with van der Waals surface area (Å²) in [6.45, 7) is 6.57. The van der Waals surface area contributed by atoms with Gasteiger partial charge in [-0.05, 0) is 88.6 Å². The van der Waals surface area contributed by atoms with Gasteiger partial charge in [0.2, 0.25) is 11.8 Å². The van der Waals surface area contributed by atoms with Crippen LogP contribution in [0.1, 0.15) is 69.9 Å². The Morgan fingerprint density at radius 3 is 2.26 bits per heavy atom. The predicted molar refractivity (Wildman–Crippen MR) is 149 cm³/mol. The molecule has 1 saturated heterocycles. The van der Waals surface area contributed by atoms with Crippen molar-refractivity contribution in [2.24, 2.45) is 11.8 Å². The third kappa shape index (κ3) is 7.38. The average Bonchev–Trinajstić information content (AvgIpc) is 3.37. The lowest BCUT2D eigenvalue weighted by Gasteiger charge is -2.34. The van der Waals surface area contributed by atoms with E-state index in [1.807, 2.05) is 51.1 Å². The molecular formula is C31H38N4O4. The summed E-state index contributed by atoms with van der Waals surface area (Å²) in [7, 11) is 0. The number of carbonyl (C=O) groups is 3. The number of carbonyl (C=O) groups excluding carboxylic acids is 3. The Bertz CT molecular complexity index is 1190. The number of likely N-dealkylation sites (tertiary alicyclic amines) is 1. The molecule has 39 heavy (non-hydrogen) atoms. The summed E-state index contributed by atoms with van der Waals surface area (Å²) in [5.41, 5.74) is 1.63. The lowest BCUT2D eigenvalue weighted by atomic mass is 9.81. The second-order valence-corrected chi connectivity index (χ2v) is 11.6. The van der Waals surface area contributed by atoms with Crippen molar-refractivity contribution in [1.82, 2.24) is 10.2 Å². The second-order valence-electron chi connectivity index (χ2n) is 11.6. The van der Waals surface area contributed by atoms with E-state index in [-0.39, 0.29) is 23.7 Å². The number of nitrogens with zero attached hydrogens (tertiary/aromatic N) is 2. The molecule has 0 bridgehead atoms. The van der Waals surface area contributed by atoms with Gasteiger partial charge >= 0.3 is 6.09 Å². The van der Waals surface area contributed by atoms with E-state index in [9.17, 15) is 14.4 Å². The summed E-state index contributed by atoms with van der Waals surface area (Å²) in [4.78, 5) is 41.2. The highest BCUT2D eigenvalue weighted by atomic mass is 16.6. The summed E-state index contributed by atoms with van der Waals surface area (Å²) in [6.07, 6.45) is 3.44. The van der Waals surface area contributed by atoms with Gasteiger partial charge in [0.25, 0.3) is 0 Å². The van der Waals surface area contributed by atoms with Crippen molar-refractivity contribution in [2.75, 3.05) is 18.4 Å². The van der Waals surface area contributed by atoms with Crippen molar-refractivity contribution < 1.29 is 19.1 Å². The molecule has 3 amide bonds. The standard InChI is InChI=1S/C31H38N4O4/c1-31(2,3)39-30(38)33-20-22-9-13-24(14-10-22)29(37)35-18-17-26(23-7-5-4-6-8-23)27(35)28(36)34-25-15-11-21(19-32)12-16-25/h4-8,11-12,15-16,22,24,26-27H,9-10,13-14,17-18,20H2,1-3H3,(H,33,38)(H,34,36)/t22-,24-,26-,27-/m0/s1. The van der Waals surface area contributed by atoms with Crippen LogP contribution < -0.4 is 10.6 Å². The molecule has 8 nitrogen and oxygen atoms in total. The number of benzene rings is 2. The zero-order valence-corrected chi connectivity index (χ0v) is 23.0. The molecule has 2 N–H and O–H groups in total. The van der Waals surface area contributed by atoms with E-state index in [2.05, 4.69) is 16.7 Å². The zero-order chi connectivity index (χ0) is 28.0. The average molecular weight is 531 g/mol. The van der Waals surface area contributed by atoms with Gasteiger partial charge < -0.3 is 20.3 Å². The fourth-order valence-corrected chi connectivity index (χ4v) is 5.65. The molecule has 0 spiro atoms. The normalized spacial score (nSPS) is 23.0. The van der Waals surface area contributed by atoms with Gasteiger partial charge in [0.1, 0.15) is 11.6 Å². The van der Waals surface area contributed by atoms with Crippen molar-refractivity contribution >= 4 is 23.6 Å². The molecule has 0 radical (unpaired) electrons. The van der Waals surface area contributed by atoms with Crippen molar-refractivity contribution in [1.29, 1.82) is 5.26 Å². The van der Waals surface area contributed by atoms with Crippen LogP contribution >= 0.6 is 0 Å². The number of rotatable bonds is 6. The van der Waals surface area contributed by atoms with Crippen LogP contribution in [0.25, 0.3) is 0 Å². The van der Waals surface area contributed by atoms with Crippen molar-refractivity contribution in [3.63, 3.8) is 0 Å². The number of hydrogen-bond donors (Lipinski definition) is 2. The highest BCUT2D eigenvalue weighted by Gasteiger charge is 2.44. The highest BCUT2D eigenvalue weighted by Crippen LogP contribution is 2.38. The fraction of sp³-hybridized carbons (Fsp3) is 0.484. The summed E-state index contributed by atoms with van der Waals surface area (Å²) >= 11 is 0. The van der Waals surface area contributed by atoms with Crippen LogP contribution in [-0.4, -0.2) is 47.5 Å². The van der Waals surface area contributed by atoms with Crippen LogP contribution in [0, 0.1) is 23.2 Å². The van der Waals surface area contributed by atoms with E-state index >= 15 is 0 Å². The number of amides is 3. The van der Waals surface area contributed by atoms with E-state index < -0.39 is 17.7 Å². The first-order valence-electron chi connectivity index (χ1n) is 13.8. The number of hydrogen-bond acceptors (Lipinski definition) is 5. The number of nitrogens with one attached hydrogen (secondary N) is 2. The lowest BCUT2D eigenvalue weighted by molar-refractivity contribution is -0.141. The summed E-state index contributed by atoms with van der Waals surface area (Å²) in [5, 5.41) is 14.9. The fourth-order valence-electron chi connectivity index (χ4n) is 5.65. The van der Waals surface area contributed by atoms with Gasteiger partial charge in [-0.25, -0.2) is 4.79 Å². The summed E-state index contributed by atoms with van der Waals surface area (Å²) in [6, 6.07) is 18.1. The number of alkyl carbamates (subject to hydrolysis) is 1. The molecule has 2 fully saturated rings. The minimum absolute atomic E-state index is 0.0342. The molecule has 1 heterocycles. The summed E-state index contributed by atoms with van der Waals surface area (Å²) < 4.78 is 5.33. The number of anilines is 1. The van der Waals surface area contributed by atoms with Crippen LogP contribution in [0.15, 0.2) is 54.6 Å². The third-order valence-electron chi connectivity index (χ3n) is 7.59. The molecule has 2 aromatic carbocycles. The molecule has 1 aliphatic heterocycles. The Balaban J connectivity index is 1.41. The van der Waals surface area contributed by atoms with E-state index in [1.54, 1.807) is 29.2 Å². The van der Waals surface area contributed by atoms with Crippen LogP contribution in [0.2, 0.25) is 0 Å². The van der Waals surface area contributed by atoms with Crippen molar-refractivity contribution in [2.45, 2.75) is 70.4 Å². The molecule has 206 valence electrons. The van der Waals surface area contributed by atoms with Gasteiger partial charge in [-0.15, -0.1) is 0 Å². The van der Waals surface area contributed by atoms with Gasteiger partial charge in [0.15, 0.2) is 0 Å². The molecule has 0 unspecified atom stereocenters. The molecule has 0 aromatic heterocycles. The predicted octanol–water partition coefficient (Wildman–Crippen LogP) is 5.21. The Hall–Kier alpha value is -3.86. The van der Waals surface area contributed by atoms with Gasteiger partial charge in [-0.3, -0.25) is 9.59 Å². The van der Waals surface area contributed by atoms with Crippen LogP contribution in [0.4, 0.5) is 10.5 Å². The first-order chi connectivity index (χ1) is 18.6. The third-order valence-corrected chi connectivity index (χ3v) is 7.59. The van der Waals surface area contributed by atoms with Gasteiger partial charge in [-0.1, -0.05) is 30.3 Å². The Labute approximate surface area is 230 Å². The SMILES string of the molecule is CC(C)(C)OC(=O)NC[C@H]1CC[C@H](C(=O)N2CC[C@@H](c3ccccc3)[C@H]2C(=O)Nc2ccc(C#N)cc2)CC1. The first kappa shape index (κ1) is 28.2. The van der Waals surface area contributed by atoms with Crippen LogP contribution in [-0.2, 0) is 14.3 Å². The second kappa shape index (κ2) is 12.3. The molecule has 8 heteroatoms. The van der Waals surface area contributed by atoms with Crippen molar-refractivity contribution in [3.05, 3.63) is 65.7 Å². The first-order valence-corrected chi connectivity index (χ1v) is 13.8. The van der Waals surface area contributed by atoms with Crippen LogP contribution in [0.3, 0.4) is 0 Å². The van der Waals surface area contributed by atoms with Crippen molar-refractivity contribution in [3.8, 4) is 6.07 Å². The molecule has 2 atom stereocenters. The van der Waals surface area contributed by atoms with E-state index in [0.29, 0.717) is 30.3 Å². The maximum atomic E-state index is 13.8. The van der Waals surface area contributed by atoms with Gasteiger partial charge in [-0.2, -0.15) is 5.26 Å². The lowest BCUT2D eigenvalue weighted by Crippen LogP contribution is -2.48. The molecule has 1 saturated carbocycles. The molecule has 1 aliphatic carbocycles. The minimum atomic E-state index is -0.609. The van der Waals surface area contributed by atoms with Gasteiger partial charge in [0.05, 0.1) is 11.6 Å². The van der Waals surface area contributed by atoms with Gasteiger partial charge in [0, 0.05) is 30.6 Å². The van der Waals surface area contributed by atoms with E-state index in [0.717, 1.165) is 37.7 Å². The maximum absolute atomic E-state index is 13.8. The Kier molecular flexibility index (Phi) is 8.90. The Morgan fingerprint density at radius 2 is 1.64 bits per heavy atom. The monoisotopic (exact) mass is 530 g/mol.